The fourth-order valence-corrected chi connectivity index (χ4v) is 0.964. The van der Waals surface area contributed by atoms with Crippen LogP contribution in [0.2, 0.25) is 0 Å². The van der Waals surface area contributed by atoms with E-state index in [0.29, 0.717) is 26.3 Å². The van der Waals surface area contributed by atoms with Crippen LogP contribution >= 0.6 is 0 Å². The summed E-state index contributed by atoms with van der Waals surface area (Å²) in [6.07, 6.45) is 0. The Labute approximate surface area is 75.7 Å². The molecule has 0 aromatic carbocycles. The fourth-order valence-electron chi connectivity index (χ4n) is 0.458. The molecule has 0 amide bonds. The zero-order chi connectivity index (χ0) is 9.23. The van der Waals surface area contributed by atoms with Gasteiger partial charge in [-0.1, -0.05) is 0 Å². The molecule has 0 rings (SSSR count). The third kappa shape index (κ3) is 8.09. The van der Waals surface area contributed by atoms with Gasteiger partial charge in [0.2, 0.25) is 0 Å². The van der Waals surface area contributed by atoms with E-state index in [2.05, 4.69) is 10.6 Å². The number of likely N-dealkylation sites (N-methyl/N-ethyl adjacent to an activating group) is 2. The summed E-state index contributed by atoms with van der Waals surface area (Å²) in [5.74, 6) is 0. The quantitative estimate of drug-likeness (QED) is 0.490. The normalized spacial score (nSPS) is 10.9. The third-order valence-corrected chi connectivity index (χ3v) is 1.78. The summed E-state index contributed by atoms with van der Waals surface area (Å²) in [6.45, 7) is 2.12. The Hall–Kier alpha value is -0.0100. The van der Waals surface area contributed by atoms with Gasteiger partial charge in [0.05, 0.1) is 13.2 Å². The van der Waals surface area contributed by atoms with Crippen LogP contribution in [0.15, 0.2) is 0 Å². The third-order valence-electron chi connectivity index (χ3n) is 1.06. The molecule has 0 radical (unpaired) electrons. The molecule has 0 aromatic heterocycles. The zero-order valence-corrected chi connectivity index (χ0v) is 8.28. The summed E-state index contributed by atoms with van der Waals surface area (Å²) in [7, 11) is 3.60. The van der Waals surface area contributed by atoms with Crippen molar-refractivity contribution < 1.29 is 12.6 Å². The summed E-state index contributed by atoms with van der Waals surface area (Å²) in [5.41, 5.74) is 0. The maximum Gasteiger partial charge on any atom is 0.304 e. The first-order valence-corrected chi connectivity index (χ1v) is 4.78. The van der Waals surface area contributed by atoms with E-state index in [1.54, 1.807) is 14.1 Å². The number of nitrogens with one attached hydrogen (secondary N) is 2. The van der Waals surface area contributed by atoms with Crippen LogP contribution in [-0.2, 0) is 19.7 Å². The van der Waals surface area contributed by atoms with E-state index in [-0.39, 0.29) is 0 Å². The molecule has 74 valence electrons. The maximum atomic E-state index is 10.8. The second-order valence-corrected chi connectivity index (χ2v) is 2.93. The molecule has 12 heavy (non-hydrogen) atoms. The Morgan fingerprint density at radius 1 is 1.08 bits per heavy atom. The van der Waals surface area contributed by atoms with Gasteiger partial charge in [0.15, 0.2) is 0 Å². The standard InChI is InChI=1S/C6H16N2O3S/c1-7-3-5-10-12(9)11-6-4-8-2/h7-8H,3-6H2,1-2H3. The lowest BCUT2D eigenvalue weighted by Gasteiger charge is -2.02. The van der Waals surface area contributed by atoms with Crippen molar-refractivity contribution in [1.82, 2.24) is 10.6 Å². The maximum absolute atomic E-state index is 10.8. The second kappa shape index (κ2) is 9.08. The van der Waals surface area contributed by atoms with Gasteiger partial charge in [-0.2, -0.15) is 4.21 Å². The minimum Gasteiger partial charge on any atom is -0.317 e. The lowest BCUT2D eigenvalue weighted by atomic mass is 10.7. The SMILES string of the molecule is CNCCOS(=O)OCCNC. The van der Waals surface area contributed by atoms with Crippen LogP contribution in [0.1, 0.15) is 0 Å². The molecular formula is C6H16N2O3S. The van der Waals surface area contributed by atoms with Gasteiger partial charge in [-0.25, -0.2) is 0 Å². The monoisotopic (exact) mass is 196 g/mol. The van der Waals surface area contributed by atoms with E-state index in [9.17, 15) is 4.21 Å². The molecule has 0 saturated heterocycles. The molecule has 0 bridgehead atoms. The van der Waals surface area contributed by atoms with Gasteiger partial charge >= 0.3 is 11.4 Å². The summed E-state index contributed by atoms with van der Waals surface area (Å²) in [4.78, 5) is 0. The van der Waals surface area contributed by atoms with Gasteiger partial charge in [0, 0.05) is 13.1 Å². The van der Waals surface area contributed by atoms with E-state index >= 15 is 0 Å². The number of hydrogen-bond donors (Lipinski definition) is 2. The Bertz CT molecular complexity index is 111. The molecule has 0 atom stereocenters. The van der Waals surface area contributed by atoms with Gasteiger partial charge < -0.3 is 10.6 Å². The Morgan fingerprint density at radius 2 is 1.50 bits per heavy atom. The van der Waals surface area contributed by atoms with Crippen LogP contribution < -0.4 is 10.6 Å². The zero-order valence-electron chi connectivity index (χ0n) is 7.46. The summed E-state index contributed by atoms with van der Waals surface area (Å²) in [6, 6.07) is 0. The molecule has 0 aliphatic rings. The van der Waals surface area contributed by atoms with Crippen molar-refractivity contribution in [2.45, 2.75) is 0 Å². The summed E-state index contributed by atoms with van der Waals surface area (Å²) >= 11 is -1.60. The van der Waals surface area contributed by atoms with Gasteiger partial charge in [-0.3, -0.25) is 8.37 Å². The number of rotatable bonds is 8. The average molecular weight is 196 g/mol. The molecule has 0 aliphatic heterocycles. The van der Waals surface area contributed by atoms with E-state index < -0.39 is 11.4 Å². The number of hydrogen-bond acceptors (Lipinski definition) is 5. The first-order chi connectivity index (χ1) is 5.81. The van der Waals surface area contributed by atoms with Crippen LogP contribution in [-0.4, -0.2) is 44.6 Å². The van der Waals surface area contributed by atoms with Gasteiger partial charge in [0.25, 0.3) is 0 Å². The summed E-state index contributed by atoms with van der Waals surface area (Å²) in [5, 5.41) is 5.73. The highest BCUT2D eigenvalue weighted by atomic mass is 32.2. The van der Waals surface area contributed by atoms with E-state index in [1.807, 2.05) is 0 Å². The van der Waals surface area contributed by atoms with Crippen molar-refractivity contribution in [1.29, 1.82) is 0 Å². The highest BCUT2D eigenvalue weighted by Crippen LogP contribution is 1.86. The van der Waals surface area contributed by atoms with Gasteiger partial charge in [-0.15, -0.1) is 0 Å². The van der Waals surface area contributed by atoms with Crippen molar-refractivity contribution in [3.8, 4) is 0 Å². The highest BCUT2D eigenvalue weighted by molar-refractivity contribution is 7.75. The molecule has 0 saturated carbocycles. The highest BCUT2D eigenvalue weighted by Gasteiger charge is 1.98. The molecular weight excluding hydrogens is 180 g/mol. The van der Waals surface area contributed by atoms with E-state index in [0.717, 1.165) is 0 Å². The van der Waals surface area contributed by atoms with Crippen molar-refractivity contribution >= 4 is 11.4 Å². The second-order valence-electron chi connectivity index (χ2n) is 2.06. The van der Waals surface area contributed by atoms with E-state index in [1.165, 1.54) is 0 Å². The minimum absolute atomic E-state index is 0.392. The fraction of sp³-hybridized carbons (Fsp3) is 1.00. The molecule has 5 nitrogen and oxygen atoms in total. The van der Waals surface area contributed by atoms with Crippen molar-refractivity contribution in [3.05, 3.63) is 0 Å². The van der Waals surface area contributed by atoms with Crippen LogP contribution in [0.4, 0.5) is 0 Å². The first-order valence-electron chi connectivity index (χ1n) is 3.78. The van der Waals surface area contributed by atoms with Crippen molar-refractivity contribution in [3.63, 3.8) is 0 Å². The van der Waals surface area contributed by atoms with Crippen LogP contribution in [0.3, 0.4) is 0 Å². The minimum atomic E-state index is -1.60. The molecule has 0 aromatic rings. The Morgan fingerprint density at radius 3 is 1.83 bits per heavy atom. The van der Waals surface area contributed by atoms with E-state index in [4.69, 9.17) is 8.37 Å². The van der Waals surface area contributed by atoms with Crippen molar-refractivity contribution in [2.24, 2.45) is 0 Å². The van der Waals surface area contributed by atoms with Crippen LogP contribution in [0.5, 0.6) is 0 Å². The molecule has 0 heterocycles. The van der Waals surface area contributed by atoms with Crippen LogP contribution in [0, 0.1) is 0 Å². The average Bonchev–Trinajstić information content (AvgIpc) is 2.06. The van der Waals surface area contributed by atoms with Gasteiger partial charge in [0.1, 0.15) is 0 Å². The molecule has 0 aliphatic carbocycles. The first kappa shape index (κ1) is 12.0. The summed E-state index contributed by atoms with van der Waals surface area (Å²) < 4.78 is 20.4. The molecule has 2 N–H and O–H groups in total. The van der Waals surface area contributed by atoms with Gasteiger partial charge in [-0.05, 0) is 14.1 Å². The Balaban J connectivity index is 3.10. The van der Waals surface area contributed by atoms with Crippen LogP contribution in [0.25, 0.3) is 0 Å². The molecule has 6 heteroatoms. The Kier molecular flexibility index (Phi) is 9.07. The molecule has 0 unspecified atom stereocenters. The molecule has 0 spiro atoms. The topological polar surface area (TPSA) is 59.6 Å². The lowest BCUT2D eigenvalue weighted by Crippen LogP contribution is -2.18. The predicted molar refractivity (Wildman–Crippen MR) is 47.9 cm³/mol. The smallest absolute Gasteiger partial charge is 0.304 e. The molecule has 0 fully saturated rings. The predicted octanol–water partition coefficient (Wildman–Crippen LogP) is -0.963. The van der Waals surface area contributed by atoms with Crippen molar-refractivity contribution in [2.75, 3.05) is 40.4 Å². The lowest BCUT2D eigenvalue weighted by molar-refractivity contribution is 0.252. The largest absolute Gasteiger partial charge is 0.317 e.